The van der Waals surface area contributed by atoms with Gasteiger partial charge in [0.25, 0.3) is 0 Å². The third-order valence-corrected chi connectivity index (χ3v) is 3.76. The van der Waals surface area contributed by atoms with Gasteiger partial charge in [0.2, 0.25) is 0 Å². The van der Waals surface area contributed by atoms with Crippen molar-refractivity contribution in [1.82, 2.24) is 5.32 Å². The van der Waals surface area contributed by atoms with Gasteiger partial charge in [-0.1, -0.05) is 30.3 Å². The van der Waals surface area contributed by atoms with Gasteiger partial charge in [-0.2, -0.15) is 0 Å². The zero-order valence-corrected chi connectivity index (χ0v) is 12.0. The first-order chi connectivity index (χ1) is 9.35. The van der Waals surface area contributed by atoms with E-state index in [1.165, 1.54) is 5.56 Å². The number of nitrogens with one attached hydrogen (secondary N) is 1. The number of hydrogen-bond acceptors (Lipinski definition) is 3. The lowest BCUT2D eigenvalue weighted by molar-refractivity contribution is -0.143. The molecule has 3 atom stereocenters. The highest BCUT2D eigenvalue weighted by atomic mass is 16.5. The topological polar surface area (TPSA) is 30.5 Å². The van der Waals surface area contributed by atoms with Crippen LogP contribution in [0.2, 0.25) is 0 Å². The number of aryl methyl sites for hydroxylation is 1. The van der Waals surface area contributed by atoms with Crippen LogP contribution >= 0.6 is 0 Å². The molecule has 1 N–H and O–H groups in total. The SMILES string of the molecule is CCOC1C(NC)CC1OCCCc1ccccc1. The van der Waals surface area contributed by atoms with Gasteiger partial charge < -0.3 is 14.8 Å². The minimum Gasteiger partial charge on any atom is -0.375 e. The largest absolute Gasteiger partial charge is 0.375 e. The predicted molar refractivity (Wildman–Crippen MR) is 77.4 cm³/mol. The highest BCUT2D eigenvalue weighted by Crippen LogP contribution is 2.27. The second-order valence-corrected chi connectivity index (χ2v) is 5.05. The van der Waals surface area contributed by atoms with E-state index in [0.717, 1.165) is 32.5 Å². The van der Waals surface area contributed by atoms with Crippen LogP contribution in [0.1, 0.15) is 25.3 Å². The fourth-order valence-corrected chi connectivity index (χ4v) is 2.60. The summed E-state index contributed by atoms with van der Waals surface area (Å²) in [4.78, 5) is 0. The zero-order valence-electron chi connectivity index (χ0n) is 12.0. The number of ether oxygens (including phenoxy) is 2. The van der Waals surface area contributed by atoms with Crippen molar-refractivity contribution in [2.24, 2.45) is 0 Å². The third kappa shape index (κ3) is 4.03. The standard InChI is InChI=1S/C16H25NO2/c1-3-18-16-14(17-2)12-15(16)19-11-7-10-13-8-5-4-6-9-13/h4-6,8-9,14-17H,3,7,10-12H2,1-2H3. The predicted octanol–water partition coefficient (Wildman–Crippen LogP) is 2.40. The number of hydrogen-bond donors (Lipinski definition) is 1. The molecule has 0 saturated heterocycles. The summed E-state index contributed by atoms with van der Waals surface area (Å²) in [5, 5.41) is 3.28. The van der Waals surface area contributed by atoms with Crippen molar-refractivity contribution in [3.05, 3.63) is 35.9 Å². The lowest BCUT2D eigenvalue weighted by Crippen LogP contribution is -2.59. The fourth-order valence-electron chi connectivity index (χ4n) is 2.60. The van der Waals surface area contributed by atoms with Crippen LogP contribution in [0.15, 0.2) is 30.3 Å². The van der Waals surface area contributed by atoms with E-state index in [0.29, 0.717) is 6.04 Å². The van der Waals surface area contributed by atoms with Crippen LogP contribution in [0.25, 0.3) is 0 Å². The summed E-state index contributed by atoms with van der Waals surface area (Å²) in [5.74, 6) is 0. The molecule has 3 unspecified atom stereocenters. The Bertz CT molecular complexity index is 355. The molecule has 0 radical (unpaired) electrons. The molecule has 19 heavy (non-hydrogen) atoms. The van der Waals surface area contributed by atoms with Gasteiger partial charge >= 0.3 is 0 Å². The molecule has 1 aliphatic carbocycles. The molecule has 0 bridgehead atoms. The molecule has 0 aromatic heterocycles. The van der Waals surface area contributed by atoms with Crippen LogP contribution < -0.4 is 5.32 Å². The van der Waals surface area contributed by atoms with E-state index in [1.54, 1.807) is 0 Å². The Hall–Kier alpha value is -0.900. The van der Waals surface area contributed by atoms with Crippen LogP contribution in [-0.2, 0) is 15.9 Å². The minimum absolute atomic E-state index is 0.228. The van der Waals surface area contributed by atoms with Crippen molar-refractivity contribution in [3.63, 3.8) is 0 Å². The van der Waals surface area contributed by atoms with Crippen molar-refractivity contribution in [1.29, 1.82) is 0 Å². The molecular formula is C16H25NO2. The molecule has 0 amide bonds. The second kappa shape index (κ2) is 7.63. The number of benzene rings is 1. The van der Waals surface area contributed by atoms with Gasteiger partial charge in [0.1, 0.15) is 0 Å². The lowest BCUT2D eigenvalue weighted by Gasteiger charge is -2.43. The summed E-state index contributed by atoms with van der Waals surface area (Å²) in [6, 6.07) is 11.0. The van der Waals surface area contributed by atoms with Gasteiger partial charge in [0, 0.05) is 19.3 Å². The molecule has 0 heterocycles. The van der Waals surface area contributed by atoms with Crippen LogP contribution in [0, 0.1) is 0 Å². The summed E-state index contributed by atoms with van der Waals surface area (Å²) in [7, 11) is 1.99. The molecule has 0 aliphatic heterocycles. The van der Waals surface area contributed by atoms with E-state index in [4.69, 9.17) is 9.47 Å². The molecule has 1 aliphatic rings. The molecular weight excluding hydrogens is 238 g/mol. The first kappa shape index (κ1) is 14.5. The van der Waals surface area contributed by atoms with E-state index >= 15 is 0 Å². The maximum absolute atomic E-state index is 5.93. The van der Waals surface area contributed by atoms with E-state index in [9.17, 15) is 0 Å². The maximum Gasteiger partial charge on any atom is 0.0990 e. The lowest BCUT2D eigenvalue weighted by atomic mass is 9.85. The fraction of sp³-hybridized carbons (Fsp3) is 0.625. The van der Waals surface area contributed by atoms with Gasteiger partial charge in [-0.05, 0) is 38.8 Å². The van der Waals surface area contributed by atoms with E-state index in [2.05, 4.69) is 35.6 Å². The molecule has 106 valence electrons. The molecule has 2 rings (SSSR count). The van der Waals surface area contributed by atoms with Gasteiger partial charge in [0.05, 0.1) is 12.2 Å². The summed E-state index contributed by atoms with van der Waals surface area (Å²) in [6.45, 7) is 3.61. The van der Waals surface area contributed by atoms with E-state index in [-0.39, 0.29) is 12.2 Å². The molecule has 3 nitrogen and oxygen atoms in total. The van der Waals surface area contributed by atoms with Crippen molar-refractivity contribution >= 4 is 0 Å². The Labute approximate surface area is 116 Å². The quantitative estimate of drug-likeness (QED) is 0.731. The Morgan fingerprint density at radius 1 is 1.21 bits per heavy atom. The van der Waals surface area contributed by atoms with Crippen LogP contribution in [0.4, 0.5) is 0 Å². The van der Waals surface area contributed by atoms with Gasteiger partial charge in [-0.15, -0.1) is 0 Å². The summed E-state index contributed by atoms with van der Waals surface area (Å²) in [5.41, 5.74) is 1.38. The monoisotopic (exact) mass is 263 g/mol. The number of likely N-dealkylation sites (N-methyl/N-ethyl adjacent to an activating group) is 1. The third-order valence-electron chi connectivity index (χ3n) is 3.76. The molecule has 1 fully saturated rings. The minimum atomic E-state index is 0.228. The van der Waals surface area contributed by atoms with Crippen molar-refractivity contribution in [2.75, 3.05) is 20.3 Å². The van der Waals surface area contributed by atoms with Crippen molar-refractivity contribution in [3.8, 4) is 0 Å². The van der Waals surface area contributed by atoms with E-state index in [1.807, 2.05) is 14.0 Å². The maximum atomic E-state index is 5.93. The van der Waals surface area contributed by atoms with Gasteiger partial charge in [-0.25, -0.2) is 0 Å². The molecule has 1 aromatic rings. The second-order valence-electron chi connectivity index (χ2n) is 5.05. The summed E-state index contributed by atoms with van der Waals surface area (Å²) < 4.78 is 11.7. The highest BCUT2D eigenvalue weighted by molar-refractivity contribution is 5.14. The average molecular weight is 263 g/mol. The zero-order chi connectivity index (χ0) is 13.5. The first-order valence-electron chi connectivity index (χ1n) is 7.29. The average Bonchev–Trinajstić information content (AvgIpc) is 2.44. The summed E-state index contributed by atoms with van der Waals surface area (Å²) in [6.07, 6.45) is 3.72. The summed E-state index contributed by atoms with van der Waals surface area (Å²) >= 11 is 0. The van der Waals surface area contributed by atoms with Gasteiger partial charge in [0.15, 0.2) is 0 Å². The molecule has 3 heteroatoms. The van der Waals surface area contributed by atoms with Crippen molar-refractivity contribution in [2.45, 2.75) is 44.4 Å². The van der Waals surface area contributed by atoms with Crippen molar-refractivity contribution < 1.29 is 9.47 Å². The Morgan fingerprint density at radius 2 is 2.00 bits per heavy atom. The Morgan fingerprint density at radius 3 is 2.68 bits per heavy atom. The Kier molecular flexibility index (Phi) is 5.83. The number of rotatable bonds is 8. The van der Waals surface area contributed by atoms with Crippen LogP contribution in [0.5, 0.6) is 0 Å². The van der Waals surface area contributed by atoms with Gasteiger partial charge in [-0.3, -0.25) is 0 Å². The van der Waals surface area contributed by atoms with E-state index < -0.39 is 0 Å². The molecule has 1 saturated carbocycles. The Balaban J connectivity index is 1.63. The van der Waals surface area contributed by atoms with Crippen LogP contribution in [0.3, 0.4) is 0 Å². The smallest absolute Gasteiger partial charge is 0.0990 e. The molecule has 1 aromatic carbocycles. The first-order valence-corrected chi connectivity index (χ1v) is 7.29. The molecule has 0 spiro atoms. The van der Waals surface area contributed by atoms with Crippen LogP contribution in [-0.4, -0.2) is 38.5 Å². The highest BCUT2D eigenvalue weighted by Gasteiger charge is 2.41. The normalized spacial score (nSPS) is 26.1.